The second-order valence-corrected chi connectivity index (χ2v) is 4.61. The molecule has 2 rings (SSSR count). The van der Waals surface area contributed by atoms with E-state index in [9.17, 15) is 15.2 Å². The van der Waals surface area contributed by atoms with Crippen LogP contribution in [-0.4, -0.2) is 27.7 Å². The summed E-state index contributed by atoms with van der Waals surface area (Å²) in [6.45, 7) is 2.27. The number of aliphatic hydroxyl groups is 1. The monoisotopic (exact) mass is 275 g/mol. The van der Waals surface area contributed by atoms with Gasteiger partial charge in [0.25, 0.3) is 0 Å². The molecule has 0 amide bonds. The number of nitro groups is 1. The lowest BCUT2D eigenvalue weighted by Gasteiger charge is -2.12. The van der Waals surface area contributed by atoms with E-state index in [1.165, 1.54) is 0 Å². The molecule has 2 N–H and O–H groups in total. The molecule has 2 aromatic rings. The normalized spacial score (nSPS) is 12.3. The molecule has 0 saturated carbocycles. The summed E-state index contributed by atoms with van der Waals surface area (Å²) in [6, 6.07) is 6.71. The van der Waals surface area contributed by atoms with Crippen molar-refractivity contribution in [2.24, 2.45) is 0 Å². The van der Waals surface area contributed by atoms with Crippen LogP contribution in [0, 0.1) is 10.1 Å². The van der Waals surface area contributed by atoms with Gasteiger partial charge >= 0.3 is 5.69 Å². The Morgan fingerprint density at radius 2 is 2.25 bits per heavy atom. The molecule has 0 fully saturated rings. The standard InChI is InChI=1S/C14H17N3O3/c1-2-4-10(18)9-16-13-7-6-12-11(5-3-8-15-12)14(13)17(19)20/h3,5-8,10,16,18H,2,4,9H2,1H3. The second kappa shape index (κ2) is 6.29. The summed E-state index contributed by atoms with van der Waals surface area (Å²) in [5.74, 6) is 0. The number of nitro benzene ring substituents is 1. The van der Waals surface area contributed by atoms with Gasteiger partial charge in [0.05, 0.1) is 21.9 Å². The molecule has 1 atom stereocenters. The fourth-order valence-electron chi connectivity index (χ4n) is 2.14. The van der Waals surface area contributed by atoms with Crippen molar-refractivity contribution < 1.29 is 10.0 Å². The Morgan fingerprint density at radius 1 is 1.45 bits per heavy atom. The van der Waals surface area contributed by atoms with Crippen LogP contribution >= 0.6 is 0 Å². The van der Waals surface area contributed by atoms with E-state index < -0.39 is 11.0 Å². The van der Waals surface area contributed by atoms with Crippen LogP contribution in [0.25, 0.3) is 10.9 Å². The first-order valence-electron chi connectivity index (χ1n) is 6.57. The zero-order chi connectivity index (χ0) is 14.5. The largest absolute Gasteiger partial charge is 0.391 e. The third kappa shape index (κ3) is 3.03. The van der Waals surface area contributed by atoms with E-state index in [4.69, 9.17) is 0 Å². The third-order valence-electron chi connectivity index (χ3n) is 3.09. The summed E-state index contributed by atoms with van der Waals surface area (Å²) >= 11 is 0. The van der Waals surface area contributed by atoms with Crippen molar-refractivity contribution in [3.05, 3.63) is 40.6 Å². The number of benzene rings is 1. The lowest BCUT2D eigenvalue weighted by molar-refractivity contribution is -0.382. The van der Waals surface area contributed by atoms with Gasteiger partial charge in [-0.15, -0.1) is 0 Å². The quantitative estimate of drug-likeness (QED) is 0.625. The van der Waals surface area contributed by atoms with Gasteiger partial charge in [-0.3, -0.25) is 15.1 Å². The number of fused-ring (bicyclic) bond motifs is 1. The maximum absolute atomic E-state index is 11.3. The Morgan fingerprint density at radius 3 is 2.95 bits per heavy atom. The molecule has 106 valence electrons. The summed E-state index contributed by atoms with van der Waals surface area (Å²) in [7, 11) is 0. The van der Waals surface area contributed by atoms with Gasteiger partial charge in [0.2, 0.25) is 0 Å². The molecule has 0 radical (unpaired) electrons. The number of pyridine rings is 1. The number of nitrogens with one attached hydrogen (secondary N) is 1. The van der Waals surface area contributed by atoms with Crippen molar-refractivity contribution in [2.75, 3.05) is 11.9 Å². The third-order valence-corrected chi connectivity index (χ3v) is 3.09. The van der Waals surface area contributed by atoms with Crippen LogP contribution in [0.5, 0.6) is 0 Å². The molecular weight excluding hydrogens is 258 g/mol. The SMILES string of the molecule is CCCC(O)CNc1ccc2ncccc2c1[N+](=O)[O-]. The van der Waals surface area contributed by atoms with Crippen molar-refractivity contribution in [3.8, 4) is 0 Å². The predicted octanol–water partition coefficient (Wildman–Crippen LogP) is 2.72. The molecule has 0 bridgehead atoms. The first-order valence-corrected chi connectivity index (χ1v) is 6.57. The summed E-state index contributed by atoms with van der Waals surface area (Å²) in [4.78, 5) is 15.0. The molecule has 6 nitrogen and oxygen atoms in total. The van der Waals surface area contributed by atoms with Crippen LogP contribution in [-0.2, 0) is 0 Å². The molecule has 6 heteroatoms. The van der Waals surface area contributed by atoms with Gasteiger partial charge in [-0.25, -0.2) is 0 Å². The maximum atomic E-state index is 11.3. The van der Waals surface area contributed by atoms with E-state index >= 15 is 0 Å². The number of nitrogens with zero attached hydrogens (tertiary/aromatic N) is 2. The Balaban J connectivity index is 2.33. The van der Waals surface area contributed by atoms with E-state index in [1.807, 2.05) is 6.92 Å². The number of aliphatic hydroxyl groups excluding tert-OH is 1. The smallest absolute Gasteiger partial charge is 0.301 e. The molecular formula is C14H17N3O3. The molecule has 1 aromatic carbocycles. The van der Waals surface area contributed by atoms with E-state index in [2.05, 4.69) is 10.3 Å². The highest BCUT2D eigenvalue weighted by atomic mass is 16.6. The molecule has 0 aliphatic carbocycles. The van der Waals surface area contributed by atoms with Crippen LogP contribution in [0.4, 0.5) is 11.4 Å². The predicted molar refractivity (Wildman–Crippen MR) is 77.8 cm³/mol. The van der Waals surface area contributed by atoms with Gasteiger partial charge < -0.3 is 10.4 Å². The Hall–Kier alpha value is -2.21. The fourth-order valence-corrected chi connectivity index (χ4v) is 2.14. The van der Waals surface area contributed by atoms with Gasteiger partial charge in [0.1, 0.15) is 5.69 Å². The Kier molecular flexibility index (Phi) is 4.47. The van der Waals surface area contributed by atoms with E-state index in [0.29, 0.717) is 29.6 Å². The summed E-state index contributed by atoms with van der Waals surface area (Å²) in [6.07, 6.45) is 2.62. The topological polar surface area (TPSA) is 88.3 Å². The summed E-state index contributed by atoms with van der Waals surface area (Å²) in [5.41, 5.74) is 0.990. The highest BCUT2D eigenvalue weighted by Gasteiger charge is 2.19. The number of rotatable bonds is 6. The van der Waals surface area contributed by atoms with E-state index in [1.54, 1.807) is 30.5 Å². The molecule has 0 aliphatic rings. The summed E-state index contributed by atoms with van der Waals surface area (Å²) < 4.78 is 0. The lowest BCUT2D eigenvalue weighted by Crippen LogP contribution is -2.19. The fraction of sp³-hybridized carbons (Fsp3) is 0.357. The van der Waals surface area contributed by atoms with Crippen molar-refractivity contribution >= 4 is 22.3 Å². The van der Waals surface area contributed by atoms with Crippen LogP contribution in [0.3, 0.4) is 0 Å². The number of aromatic nitrogens is 1. The zero-order valence-corrected chi connectivity index (χ0v) is 11.2. The molecule has 1 heterocycles. The van der Waals surface area contributed by atoms with E-state index in [-0.39, 0.29) is 5.69 Å². The summed E-state index contributed by atoms with van der Waals surface area (Å²) in [5, 5.41) is 24.4. The average Bonchev–Trinajstić information content (AvgIpc) is 2.44. The minimum Gasteiger partial charge on any atom is -0.391 e. The van der Waals surface area contributed by atoms with Crippen LogP contribution < -0.4 is 5.32 Å². The first kappa shape index (κ1) is 14.2. The van der Waals surface area contributed by atoms with Crippen molar-refractivity contribution in [1.29, 1.82) is 0 Å². The van der Waals surface area contributed by atoms with Gasteiger partial charge in [-0.2, -0.15) is 0 Å². The molecule has 1 aromatic heterocycles. The van der Waals surface area contributed by atoms with E-state index in [0.717, 1.165) is 6.42 Å². The average molecular weight is 275 g/mol. The zero-order valence-electron chi connectivity index (χ0n) is 11.2. The Labute approximate surface area is 116 Å². The number of hydrogen-bond acceptors (Lipinski definition) is 5. The van der Waals surface area contributed by atoms with Gasteiger partial charge in [0, 0.05) is 12.7 Å². The molecule has 0 saturated heterocycles. The Bertz CT molecular complexity index is 616. The minimum atomic E-state index is -0.510. The maximum Gasteiger partial charge on any atom is 0.301 e. The highest BCUT2D eigenvalue weighted by Crippen LogP contribution is 2.32. The minimum absolute atomic E-state index is 0.000650. The van der Waals surface area contributed by atoms with Crippen LogP contribution in [0.2, 0.25) is 0 Å². The van der Waals surface area contributed by atoms with Gasteiger partial charge in [0.15, 0.2) is 0 Å². The number of anilines is 1. The van der Waals surface area contributed by atoms with Gasteiger partial charge in [-0.1, -0.05) is 13.3 Å². The highest BCUT2D eigenvalue weighted by molar-refractivity contribution is 5.94. The molecule has 0 aliphatic heterocycles. The van der Waals surface area contributed by atoms with Gasteiger partial charge in [-0.05, 0) is 30.7 Å². The van der Waals surface area contributed by atoms with Crippen molar-refractivity contribution in [2.45, 2.75) is 25.9 Å². The first-order chi connectivity index (χ1) is 9.63. The van der Waals surface area contributed by atoms with Crippen molar-refractivity contribution in [3.63, 3.8) is 0 Å². The van der Waals surface area contributed by atoms with Crippen LogP contribution in [0.1, 0.15) is 19.8 Å². The molecule has 0 spiro atoms. The van der Waals surface area contributed by atoms with Crippen molar-refractivity contribution in [1.82, 2.24) is 4.98 Å². The second-order valence-electron chi connectivity index (χ2n) is 4.61. The molecule has 20 heavy (non-hydrogen) atoms. The lowest BCUT2D eigenvalue weighted by atomic mass is 10.1. The molecule has 1 unspecified atom stereocenters. The number of hydrogen-bond donors (Lipinski definition) is 2. The van der Waals surface area contributed by atoms with Crippen LogP contribution in [0.15, 0.2) is 30.5 Å².